The van der Waals surface area contributed by atoms with Crippen molar-refractivity contribution in [1.82, 2.24) is 5.32 Å². The van der Waals surface area contributed by atoms with Gasteiger partial charge in [0, 0.05) is 6.07 Å². The largest absolute Gasteiger partial charge is 0.508 e. The van der Waals surface area contributed by atoms with Crippen LogP contribution in [0.4, 0.5) is 0 Å². The molecule has 0 amide bonds. The molecule has 0 saturated carbocycles. The molecule has 84 valence electrons. The van der Waals surface area contributed by atoms with E-state index in [1.165, 1.54) is 0 Å². The van der Waals surface area contributed by atoms with Crippen molar-refractivity contribution < 1.29 is 9.84 Å². The molecule has 3 nitrogen and oxygen atoms in total. The van der Waals surface area contributed by atoms with E-state index in [0.29, 0.717) is 0 Å². The number of phenolic OH excluding ortho intramolecular Hbond substituents is 1. The molecule has 1 saturated heterocycles. The Kier molecular flexibility index (Phi) is 4.72. The second-order valence-corrected chi connectivity index (χ2v) is 3.56. The van der Waals surface area contributed by atoms with Gasteiger partial charge in [0.05, 0.1) is 0 Å². The van der Waals surface area contributed by atoms with Crippen molar-refractivity contribution in [2.75, 3.05) is 13.1 Å². The quantitative estimate of drug-likeness (QED) is 0.815. The SMILES string of the molecule is Cl.Oc1cccc(OC2CCNCC2)c1. The van der Waals surface area contributed by atoms with E-state index < -0.39 is 0 Å². The number of rotatable bonds is 2. The first-order chi connectivity index (χ1) is 6.84. The standard InChI is InChI=1S/C11H15NO2.ClH/c13-9-2-1-3-11(8-9)14-10-4-6-12-7-5-10;/h1-3,8,10,12-13H,4-7H2;1H. The maximum absolute atomic E-state index is 9.25. The van der Waals surface area contributed by atoms with Crippen LogP contribution in [0.5, 0.6) is 11.5 Å². The molecule has 1 heterocycles. The average Bonchev–Trinajstić information content (AvgIpc) is 2.19. The average molecular weight is 230 g/mol. The molecule has 1 aromatic carbocycles. The van der Waals surface area contributed by atoms with Crippen LogP contribution in [0.1, 0.15) is 12.8 Å². The molecule has 0 aromatic heterocycles. The van der Waals surface area contributed by atoms with E-state index in [2.05, 4.69) is 5.32 Å². The molecule has 0 bridgehead atoms. The summed E-state index contributed by atoms with van der Waals surface area (Å²) in [5, 5.41) is 12.5. The summed E-state index contributed by atoms with van der Waals surface area (Å²) in [5.74, 6) is 1.02. The fourth-order valence-corrected chi connectivity index (χ4v) is 1.66. The van der Waals surface area contributed by atoms with Gasteiger partial charge in [-0.05, 0) is 38.1 Å². The van der Waals surface area contributed by atoms with Gasteiger partial charge in [-0.25, -0.2) is 0 Å². The molecule has 1 fully saturated rings. The second kappa shape index (κ2) is 5.83. The first-order valence-corrected chi connectivity index (χ1v) is 5.01. The Morgan fingerprint density at radius 2 is 2.00 bits per heavy atom. The lowest BCUT2D eigenvalue weighted by Gasteiger charge is -2.23. The lowest BCUT2D eigenvalue weighted by Crippen LogP contribution is -2.34. The molecule has 1 aliphatic heterocycles. The Morgan fingerprint density at radius 3 is 2.67 bits per heavy atom. The number of piperidine rings is 1. The molecule has 1 aromatic rings. The number of halogens is 1. The fraction of sp³-hybridized carbons (Fsp3) is 0.455. The highest BCUT2D eigenvalue weighted by atomic mass is 35.5. The molecule has 15 heavy (non-hydrogen) atoms. The van der Waals surface area contributed by atoms with Crippen molar-refractivity contribution in [2.24, 2.45) is 0 Å². The summed E-state index contributed by atoms with van der Waals surface area (Å²) in [5.41, 5.74) is 0. The van der Waals surface area contributed by atoms with Crippen LogP contribution in [-0.4, -0.2) is 24.3 Å². The van der Waals surface area contributed by atoms with Gasteiger partial charge in [0.2, 0.25) is 0 Å². The molecule has 0 radical (unpaired) electrons. The topological polar surface area (TPSA) is 41.5 Å². The predicted molar refractivity (Wildman–Crippen MR) is 61.9 cm³/mol. The van der Waals surface area contributed by atoms with Crippen molar-refractivity contribution in [3.05, 3.63) is 24.3 Å². The van der Waals surface area contributed by atoms with Gasteiger partial charge in [-0.1, -0.05) is 6.07 Å². The summed E-state index contributed by atoms with van der Waals surface area (Å²) in [6.45, 7) is 2.03. The third-order valence-corrected chi connectivity index (χ3v) is 2.41. The summed E-state index contributed by atoms with van der Waals surface area (Å²) in [7, 11) is 0. The summed E-state index contributed by atoms with van der Waals surface area (Å²) in [6.07, 6.45) is 2.36. The smallest absolute Gasteiger partial charge is 0.123 e. The predicted octanol–water partition coefficient (Wildman–Crippen LogP) is 1.94. The molecule has 1 aliphatic rings. The number of nitrogens with one attached hydrogen (secondary N) is 1. The third kappa shape index (κ3) is 3.61. The van der Waals surface area contributed by atoms with Crippen molar-refractivity contribution in [2.45, 2.75) is 18.9 Å². The highest BCUT2D eigenvalue weighted by Crippen LogP contribution is 2.20. The Balaban J connectivity index is 0.00000112. The van der Waals surface area contributed by atoms with Crippen LogP contribution in [0, 0.1) is 0 Å². The fourth-order valence-electron chi connectivity index (χ4n) is 1.66. The minimum absolute atomic E-state index is 0. The maximum Gasteiger partial charge on any atom is 0.123 e. The Hall–Kier alpha value is -0.930. The van der Waals surface area contributed by atoms with Gasteiger partial charge in [-0.15, -0.1) is 12.4 Å². The van der Waals surface area contributed by atoms with E-state index >= 15 is 0 Å². The first kappa shape index (κ1) is 12.1. The van der Waals surface area contributed by atoms with E-state index in [1.807, 2.05) is 6.07 Å². The molecule has 0 aliphatic carbocycles. The van der Waals surface area contributed by atoms with Crippen molar-refractivity contribution in [3.8, 4) is 11.5 Å². The third-order valence-electron chi connectivity index (χ3n) is 2.41. The highest BCUT2D eigenvalue weighted by Gasteiger charge is 2.14. The Morgan fingerprint density at radius 1 is 1.27 bits per heavy atom. The molecule has 4 heteroatoms. The maximum atomic E-state index is 9.25. The van der Waals surface area contributed by atoms with Gasteiger partial charge in [0.1, 0.15) is 17.6 Å². The number of aromatic hydroxyl groups is 1. The number of hydrogen-bond donors (Lipinski definition) is 2. The normalized spacial score (nSPS) is 16.8. The van der Waals surface area contributed by atoms with Gasteiger partial charge in [0.25, 0.3) is 0 Å². The van der Waals surface area contributed by atoms with Gasteiger partial charge in [0.15, 0.2) is 0 Å². The van der Waals surface area contributed by atoms with Crippen molar-refractivity contribution in [3.63, 3.8) is 0 Å². The second-order valence-electron chi connectivity index (χ2n) is 3.56. The van der Waals surface area contributed by atoms with Crippen molar-refractivity contribution in [1.29, 1.82) is 0 Å². The Labute approximate surface area is 95.9 Å². The molecule has 0 unspecified atom stereocenters. The number of hydrogen-bond acceptors (Lipinski definition) is 3. The summed E-state index contributed by atoms with van der Waals surface area (Å²) >= 11 is 0. The summed E-state index contributed by atoms with van der Waals surface area (Å²) in [4.78, 5) is 0. The zero-order chi connectivity index (χ0) is 9.80. The van der Waals surface area contributed by atoms with Gasteiger partial charge >= 0.3 is 0 Å². The van der Waals surface area contributed by atoms with Crippen LogP contribution < -0.4 is 10.1 Å². The number of benzene rings is 1. The van der Waals surface area contributed by atoms with Crippen LogP contribution >= 0.6 is 12.4 Å². The molecular formula is C11H16ClNO2. The number of phenols is 1. The van der Waals surface area contributed by atoms with Gasteiger partial charge in [-0.2, -0.15) is 0 Å². The molecular weight excluding hydrogens is 214 g/mol. The summed E-state index contributed by atoms with van der Waals surface area (Å²) < 4.78 is 5.74. The Bertz CT molecular complexity index is 300. The molecule has 0 atom stereocenters. The van der Waals surface area contributed by atoms with E-state index in [1.54, 1.807) is 18.2 Å². The monoisotopic (exact) mass is 229 g/mol. The molecule has 0 spiro atoms. The first-order valence-electron chi connectivity index (χ1n) is 5.01. The van der Waals surface area contributed by atoms with E-state index in [-0.39, 0.29) is 24.3 Å². The van der Waals surface area contributed by atoms with Crippen LogP contribution in [0.3, 0.4) is 0 Å². The number of ether oxygens (including phenoxy) is 1. The van der Waals surface area contributed by atoms with Crippen LogP contribution in [0.2, 0.25) is 0 Å². The zero-order valence-corrected chi connectivity index (χ0v) is 9.30. The van der Waals surface area contributed by atoms with Crippen LogP contribution in [0.25, 0.3) is 0 Å². The van der Waals surface area contributed by atoms with Crippen LogP contribution in [-0.2, 0) is 0 Å². The van der Waals surface area contributed by atoms with Gasteiger partial charge < -0.3 is 15.2 Å². The highest BCUT2D eigenvalue weighted by molar-refractivity contribution is 5.85. The van der Waals surface area contributed by atoms with E-state index in [4.69, 9.17) is 4.74 Å². The minimum Gasteiger partial charge on any atom is -0.508 e. The molecule has 2 N–H and O–H groups in total. The van der Waals surface area contributed by atoms with Crippen molar-refractivity contribution >= 4 is 12.4 Å². The lowest BCUT2D eigenvalue weighted by molar-refractivity contribution is 0.162. The van der Waals surface area contributed by atoms with Gasteiger partial charge in [-0.3, -0.25) is 0 Å². The van der Waals surface area contributed by atoms with E-state index in [9.17, 15) is 5.11 Å². The summed E-state index contributed by atoms with van der Waals surface area (Å²) in [6, 6.07) is 6.98. The van der Waals surface area contributed by atoms with E-state index in [0.717, 1.165) is 31.7 Å². The molecule has 2 rings (SSSR count). The zero-order valence-electron chi connectivity index (χ0n) is 8.48. The van der Waals surface area contributed by atoms with Crippen LogP contribution in [0.15, 0.2) is 24.3 Å². The lowest BCUT2D eigenvalue weighted by atomic mass is 10.1. The minimum atomic E-state index is 0.